The molecule has 0 fully saturated rings. The Morgan fingerprint density at radius 3 is 2.56 bits per heavy atom. The van der Waals surface area contributed by atoms with Crippen LogP contribution in [0.1, 0.15) is 5.69 Å². The lowest BCUT2D eigenvalue weighted by atomic mass is 10.2. The Hall–Kier alpha value is -1.90. The van der Waals surface area contributed by atoms with Crippen molar-refractivity contribution < 1.29 is 0 Å². The maximum Gasteiger partial charge on any atom is 0.0365 e. The third-order valence-corrected chi connectivity index (χ3v) is 2.71. The first-order chi connectivity index (χ1) is 7.75. The van der Waals surface area contributed by atoms with Crippen molar-refractivity contribution in [2.24, 2.45) is 0 Å². The number of aromatic nitrogens is 1. The van der Waals surface area contributed by atoms with Crippen molar-refractivity contribution in [3.63, 3.8) is 0 Å². The Bertz CT molecular complexity index is 417. The molecule has 0 spiro atoms. The molecule has 0 amide bonds. The lowest BCUT2D eigenvalue weighted by Gasteiger charge is -2.18. The van der Waals surface area contributed by atoms with Gasteiger partial charge in [-0.25, -0.2) is 0 Å². The summed E-state index contributed by atoms with van der Waals surface area (Å²) >= 11 is 0. The third-order valence-electron chi connectivity index (χ3n) is 2.71. The number of likely N-dealkylation sites (N-methyl/N-ethyl adjacent to an activating group) is 1. The molecule has 3 heteroatoms. The van der Waals surface area contributed by atoms with Gasteiger partial charge in [0.25, 0.3) is 0 Å². The van der Waals surface area contributed by atoms with Gasteiger partial charge in [-0.15, -0.1) is 0 Å². The van der Waals surface area contributed by atoms with E-state index in [0.717, 1.165) is 18.7 Å². The first-order valence-electron chi connectivity index (χ1n) is 5.44. The Morgan fingerprint density at radius 1 is 1.19 bits per heavy atom. The van der Waals surface area contributed by atoms with Crippen LogP contribution in [0.5, 0.6) is 0 Å². The second kappa shape index (κ2) is 4.75. The molecule has 0 aliphatic heterocycles. The van der Waals surface area contributed by atoms with Crippen LogP contribution < -0.4 is 10.6 Å². The monoisotopic (exact) mass is 215 g/mol. The van der Waals surface area contributed by atoms with E-state index in [1.165, 1.54) is 11.4 Å². The molecule has 1 aromatic heterocycles. The van der Waals surface area contributed by atoms with Crippen LogP contribution >= 0.6 is 0 Å². The van der Waals surface area contributed by atoms with E-state index in [4.69, 9.17) is 5.73 Å². The van der Waals surface area contributed by atoms with E-state index in [9.17, 15) is 0 Å². The van der Waals surface area contributed by atoms with Crippen LogP contribution in [0.3, 0.4) is 0 Å². The molecule has 0 aliphatic carbocycles. The summed E-state index contributed by atoms with van der Waals surface area (Å²) in [5, 5.41) is 0. The molecule has 0 saturated heterocycles. The largest absolute Gasteiger partial charge is 0.399 e. The SMILES string of the molecule is CN(CCc1ccc[nH]1)c1ccc(N)cc1. The maximum atomic E-state index is 5.65. The van der Waals surface area contributed by atoms with Gasteiger partial charge in [-0.1, -0.05) is 0 Å². The van der Waals surface area contributed by atoms with Gasteiger partial charge in [0.1, 0.15) is 0 Å². The minimum absolute atomic E-state index is 0.807. The average Bonchev–Trinajstić information content (AvgIpc) is 2.80. The summed E-state index contributed by atoms with van der Waals surface area (Å²) in [5.41, 5.74) is 8.92. The highest BCUT2D eigenvalue weighted by Crippen LogP contribution is 2.14. The number of nitrogens with zero attached hydrogens (tertiary/aromatic N) is 1. The number of rotatable bonds is 4. The number of nitrogen functional groups attached to an aromatic ring is 1. The summed E-state index contributed by atoms with van der Waals surface area (Å²) in [6, 6.07) is 12.1. The Balaban J connectivity index is 1.93. The van der Waals surface area contributed by atoms with Crippen LogP contribution in [0, 0.1) is 0 Å². The summed E-state index contributed by atoms with van der Waals surface area (Å²) < 4.78 is 0. The number of nitrogens with two attached hydrogens (primary N) is 1. The number of H-pyrrole nitrogens is 1. The van der Waals surface area contributed by atoms with Crippen LogP contribution in [0.4, 0.5) is 11.4 Å². The minimum atomic E-state index is 0.807. The van der Waals surface area contributed by atoms with Gasteiger partial charge in [0.05, 0.1) is 0 Å². The molecule has 1 heterocycles. The van der Waals surface area contributed by atoms with Crippen molar-refractivity contribution in [2.75, 3.05) is 24.2 Å². The highest BCUT2D eigenvalue weighted by atomic mass is 15.1. The fourth-order valence-electron chi connectivity index (χ4n) is 1.67. The van der Waals surface area contributed by atoms with Gasteiger partial charge >= 0.3 is 0 Å². The quantitative estimate of drug-likeness (QED) is 0.768. The normalized spacial score (nSPS) is 10.3. The number of hydrogen-bond acceptors (Lipinski definition) is 2. The molecule has 0 atom stereocenters. The van der Waals surface area contributed by atoms with Gasteiger partial charge in [0.15, 0.2) is 0 Å². The second-order valence-corrected chi connectivity index (χ2v) is 3.96. The van der Waals surface area contributed by atoms with Crippen molar-refractivity contribution in [2.45, 2.75) is 6.42 Å². The molecule has 3 N–H and O–H groups in total. The molecule has 2 aromatic rings. The zero-order valence-corrected chi connectivity index (χ0v) is 9.48. The minimum Gasteiger partial charge on any atom is -0.399 e. The van der Waals surface area contributed by atoms with Crippen molar-refractivity contribution in [1.82, 2.24) is 4.98 Å². The Kier molecular flexibility index (Phi) is 3.15. The van der Waals surface area contributed by atoms with Crippen LogP contribution in [0.2, 0.25) is 0 Å². The van der Waals surface area contributed by atoms with E-state index in [-0.39, 0.29) is 0 Å². The van der Waals surface area contributed by atoms with Gasteiger partial charge in [0, 0.05) is 43.3 Å². The average molecular weight is 215 g/mol. The third kappa shape index (κ3) is 2.57. The van der Waals surface area contributed by atoms with E-state index < -0.39 is 0 Å². The van der Waals surface area contributed by atoms with Crippen molar-refractivity contribution in [3.8, 4) is 0 Å². The number of hydrogen-bond donors (Lipinski definition) is 2. The zero-order chi connectivity index (χ0) is 11.4. The topological polar surface area (TPSA) is 45.0 Å². The van der Waals surface area contributed by atoms with Gasteiger partial charge in [-0.3, -0.25) is 0 Å². The number of aromatic amines is 1. The Morgan fingerprint density at radius 2 is 1.94 bits per heavy atom. The van der Waals surface area contributed by atoms with E-state index in [2.05, 4.69) is 23.0 Å². The summed E-state index contributed by atoms with van der Waals surface area (Å²) in [5.74, 6) is 0. The molecule has 0 aliphatic rings. The predicted octanol–water partition coefficient (Wildman–Crippen LogP) is 2.28. The highest BCUT2D eigenvalue weighted by molar-refractivity contribution is 5.52. The fraction of sp³-hybridized carbons (Fsp3) is 0.231. The molecule has 1 aromatic carbocycles. The molecular weight excluding hydrogens is 198 g/mol. The van der Waals surface area contributed by atoms with Gasteiger partial charge < -0.3 is 15.6 Å². The molecule has 0 saturated carbocycles. The molecule has 84 valence electrons. The summed E-state index contributed by atoms with van der Waals surface area (Å²) in [6.45, 7) is 0.991. The first-order valence-corrected chi connectivity index (χ1v) is 5.44. The summed E-state index contributed by atoms with van der Waals surface area (Å²) in [6.07, 6.45) is 2.98. The summed E-state index contributed by atoms with van der Waals surface area (Å²) in [4.78, 5) is 5.43. The standard InChI is InChI=1S/C13H17N3/c1-16(10-8-12-3-2-9-15-12)13-6-4-11(14)5-7-13/h2-7,9,15H,8,10,14H2,1H3. The summed E-state index contributed by atoms with van der Waals surface area (Å²) in [7, 11) is 2.09. The van der Waals surface area contributed by atoms with Crippen LogP contribution in [-0.2, 0) is 6.42 Å². The smallest absolute Gasteiger partial charge is 0.0365 e. The molecule has 3 nitrogen and oxygen atoms in total. The van der Waals surface area contributed by atoms with Gasteiger partial charge in [-0.2, -0.15) is 0 Å². The van der Waals surface area contributed by atoms with Crippen LogP contribution in [0.15, 0.2) is 42.6 Å². The van der Waals surface area contributed by atoms with Crippen molar-refractivity contribution in [1.29, 1.82) is 0 Å². The fourth-order valence-corrected chi connectivity index (χ4v) is 1.67. The zero-order valence-electron chi connectivity index (χ0n) is 9.48. The number of nitrogens with one attached hydrogen (secondary N) is 1. The Labute approximate surface area is 95.9 Å². The lowest BCUT2D eigenvalue weighted by Crippen LogP contribution is -2.20. The van der Waals surface area contributed by atoms with E-state index >= 15 is 0 Å². The molecule has 16 heavy (non-hydrogen) atoms. The molecule has 2 rings (SSSR count). The van der Waals surface area contributed by atoms with Gasteiger partial charge in [-0.05, 0) is 36.4 Å². The maximum absolute atomic E-state index is 5.65. The van der Waals surface area contributed by atoms with E-state index in [1.54, 1.807) is 0 Å². The number of benzene rings is 1. The van der Waals surface area contributed by atoms with Crippen molar-refractivity contribution in [3.05, 3.63) is 48.3 Å². The number of anilines is 2. The molecule has 0 bridgehead atoms. The van der Waals surface area contributed by atoms with Crippen LogP contribution in [-0.4, -0.2) is 18.6 Å². The van der Waals surface area contributed by atoms with Crippen molar-refractivity contribution >= 4 is 11.4 Å². The first kappa shape index (κ1) is 10.6. The van der Waals surface area contributed by atoms with Gasteiger partial charge in [0.2, 0.25) is 0 Å². The lowest BCUT2D eigenvalue weighted by molar-refractivity contribution is 0.859. The van der Waals surface area contributed by atoms with E-state index in [0.29, 0.717) is 0 Å². The predicted molar refractivity (Wildman–Crippen MR) is 68.6 cm³/mol. The van der Waals surface area contributed by atoms with Crippen LogP contribution in [0.25, 0.3) is 0 Å². The highest BCUT2D eigenvalue weighted by Gasteiger charge is 2.01. The van der Waals surface area contributed by atoms with E-state index in [1.807, 2.05) is 36.5 Å². The molecular formula is C13H17N3. The second-order valence-electron chi connectivity index (χ2n) is 3.96. The molecule has 0 unspecified atom stereocenters. The molecule has 0 radical (unpaired) electrons.